The van der Waals surface area contributed by atoms with Crippen LogP contribution in [-0.2, 0) is 14.3 Å². The van der Waals surface area contributed by atoms with Crippen molar-refractivity contribution in [2.24, 2.45) is 0 Å². The number of esters is 1. The topological polar surface area (TPSA) is 75.7 Å². The summed E-state index contributed by atoms with van der Waals surface area (Å²) in [6, 6.07) is 7.16. The molecule has 1 saturated heterocycles. The first-order valence-electron chi connectivity index (χ1n) is 8.37. The highest BCUT2D eigenvalue weighted by molar-refractivity contribution is 5.99. The van der Waals surface area contributed by atoms with Gasteiger partial charge in [0.2, 0.25) is 5.91 Å². The zero-order chi connectivity index (χ0) is 17.4. The molecule has 0 atom stereocenters. The maximum Gasteiger partial charge on any atom is 0.305 e. The van der Waals surface area contributed by atoms with Crippen molar-refractivity contribution >= 4 is 23.5 Å². The van der Waals surface area contributed by atoms with Gasteiger partial charge in [-0.3, -0.25) is 14.4 Å². The Hall–Kier alpha value is -2.37. The first-order chi connectivity index (χ1) is 11.6. The standard InChI is InChI=1S/C18H24N2O4/c1-24-17(22)10-3-2-4-11-19-18(23)14-7-5-8-15(13-14)20-12-6-9-16(20)21/h5,7-8,13H,2-4,6,9-12H2,1H3,(H,19,23). The van der Waals surface area contributed by atoms with Gasteiger partial charge in [0.1, 0.15) is 0 Å². The lowest BCUT2D eigenvalue weighted by Gasteiger charge is -2.16. The number of benzene rings is 1. The molecule has 1 N–H and O–H groups in total. The molecule has 1 fully saturated rings. The number of nitrogens with zero attached hydrogens (tertiary/aromatic N) is 1. The molecular formula is C18H24N2O4. The monoisotopic (exact) mass is 332 g/mol. The molecule has 2 rings (SSSR count). The molecule has 24 heavy (non-hydrogen) atoms. The highest BCUT2D eigenvalue weighted by Crippen LogP contribution is 2.22. The van der Waals surface area contributed by atoms with Gasteiger partial charge < -0.3 is 15.0 Å². The third-order valence-corrected chi connectivity index (χ3v) is 4.06. The third kappa shape index (κ3) is 5.08. The van der Waals surface area contributed by atoms with Crippen molar-refractivity contribution in [1.82, 2.24) is 5.32 Å². The Labute approximate surface area is 142 Å². The number of nitrogens with one attached hydrogen (secondary N) is 1. The number of rotatable bonds is 8. The van der Waals surface area contributed by atoms with E-state index >= 15 is 0 Å². The average Bonchev–Trinajstić information content (AvgIpc) is 3.03. The molecule has 1 aliphatic heterocycles. The second kappa shape index (κ2) is 9.05. The molecule has 1 heterocycles. The summed E-state index contributed by atoms with van der Waals surface area (Å²) in [6.07, 6.45) is 4.28. The summed E-state index contributed by atoms with van der Waals surface area (Å²) in [5.74, 6) is -0.234. The second-order valence-corrected chi connectivity index (χ2v) is 5.84. The van der Waals surface area contributed by atoms with Crippen molar-refractivity contribution in [3.05, 3.63) is 29.8 Å². The molecule has 0 saturated carbocycles. The van der Waals surface area contributed by atoms with Gasteiger partial charge in [0.25, 0.3) is 5.91 Å². The molecule has 0 radical (unpaired) electrons. The fourth-order valence-electron chi connectivity index (χ4n) is 2.71. The van der Waals surface area contributed by atoms with Crippen LogP contribution in [0.5, 0.6) is 0 Å². The van der Waals surface area contributed by atoms with Gasteiger partial charge in [-0.1, -0.05) is 12.5 Å². The van der Waals surface area contributed by atoms with Crippen molar-refractivity contribution in [2.75, 3.05) is 25.1 Å². The van der Waals surface area contributed by atoms with Crippen LogP contribution in [0.2, 0.25) is 0 Å². The van der Waals surface area contributed by atoms with Gasteiger partial charge in [-0.15, -0.1) is 0 Å². The van der Waals surface area contributed by atoms with Crippen molar-refractivity contribution < 1.29 is 19.1 Å². The smallest absolute Gasteiger partial charge is 0.305 e. The lowest BCUT2D eigenvalue weighted by Crippen LogP contribution is -2.26. The average molecular weight is 332 g/mol. The Bertz CT molecular complexity index is 600. The van der Waals surface area contributed by atoms with Crippen LogP contribution in [0.15, 0.2) is 24.3 Å². The minimum absolute atomic E-state index is 0.109. The summed E-state index contributed by atoms with van der Waals surface area (Å²) < 4.78 is 4.58. The fourth-order valence-corrected chi connectivity index (χ4v) is 2.71. The van der Waals surface area contributed by atoms with Crippen LogP contribution in [0.4, 0.5) is 5.69 Å². The van der Waals surface area contributed by atoms with Crippen LogP contribution < -0.4 is 10.2 Å². The molecule has 130 valence electrons. The van der Waals surface area contributed by atoms with Gasteiger partial charge in [-0.25, -0.2) is 0 Å². The summed E-state index contributed by atoms with van der Waals surface area (Å²) in [6.45, 7) is 1.27. The van der Waals surface area contributed by atoms with E-state index in [1.807, 2.05) is 6.07 Å². The SMILES string of the molecule is COC(=O)CCCCCNC(=O)c1cccc(N2CCCC2=O)c1. The van der Waals surface area contributed by atoms with Crippen LogP contribution in [-0.4, -0.2) is 38.0 Å². The summed E-state index contributed by atoms with van der Waals surface area (Å²) in [5, 5.41) is 2.87. The zero-order valence-corrected chi connectivity index (χ0v) is 14.0. The number of hydrogen-bond acceptors (Lipinski definition) is 4. The molecule has 6 heteroatoms. The summed E-state index contributed by atoms with van der Waals surface area (Å²) in [7, 11) is 1.38. The number of ether oxygens (including phenoxy) is 1. The molecule has 6 nitrogen and oxygen atoms in total. The molecule has 0 spiro atoms. The lowest BCUT2D eigenvalue weighted by molar-refractivity contribution is -0.140. The quantitative estimate of drug-likeness (QED) is 0.585. The van der Waals surface area contributed by atoms with E-state index in [-0.39, 0.29) is 17.8 Å². The van der Waals surface area contributed by atoms with Gasteiger partial charge in [-0.2, -0.15) is 0 Å². The predicted molar refractivity (Wildman–Crippen MR) is 90.8 cm³/mol. The van der Waals surface area contributed by atoms with Gasteiger partial charge >= 0.3 is 5.97 Å². The lowest BCUT2D eigenvalue weighted by atomic mass is 10.1. The highest BCUT2D eigenvalue weighted by atomic mass is 16.5. The molecular weight excluding hydrogens is 308 g/mol. The molecule has 1 aliphatic rings. The Morgan fingerprint density at radius 1 is 1.25 bits per heavy atom. The molecule has 1 aromatic rings. The van der Waals surface area contributed by atoms with Gasteiger partial charge in [-0.05, 0) is 37.5 Å². The zero-order valence-electron chi connectivity index (χ0n) is 14.0. The second-order valence-electron chi connectivity index (χ2n) is 5.84. The van der Waals surface area contributed by atoms with E-state index in [0.717, 1.165) is 31.4 Å². The summed E-state index contributed by atoms with van der Waals surface area (Å²) >= 11 is 0. The van der Waals surface area contributed by atoms with E-state index < -0.39 is 0 Å². The van der Waals surface area contributed by atoms with E-state index in [0.29, 0.717) is 31.5 Å². The minimum Gasteiger partial charge on any atom is -0.469 e. The number of amides is 2. The fraction of sp³-hybridized carbons (Fsp3) is 0.500. The maximum absolute atomic E-state index is 12.2. The Morgan fingerprint density at radius 3 is 2.79 bits per heavy atom. The van der Waals surface area contributed by atoms with Gasteiger partial charge in [0.05, 0.1) is 7.11 Å². The number of hydrogen-bond donors (Lipinski definition) is 1. The van der Waals surface area contributed by atoms with Crippen molar-refractivity contribution in [3.63, 3.8) is 0 Å². The van der Waals surface area contributed by atoms with Crippen LogP contribution in [0.3, 0.4) is 0 Å². The number of carbonyl (C=O) groups is 3. The van der Waals surface area contributed by atoms with Crippen molar-refractivity contribution in [3.8, 4) is 0 Å². The van der Waals surface area contributed by atoms with E-state index in [9.17, 15) is 14.4 Å². The van der Waals surface area contributed by atoms with Crippen molar-refractivity contribution in [1.29, 1.82) is 0 Å². The molecule has 0 aliphatic carbocycles. The van der Waals surface area contributed by atoms with E-state index in [2.05, 4.69) is 10.1 Å². The molecule has 0 aromatic heterocycles. The minimum atomic E-state index is -0.202. The van der Waals surface area contributed by atoms with Crippen LogP contribution >= 0.6 is 0 Å². The normalized spacial score (nSPS) is 13.9. The van der Waals surface area contributed by atoms with Crippen LogP contribution in [0, 0.1) is 0 Å². The number of anilines is 1. The predicted octanol–water partition coefficient (Wildman–Crippen LogP) is 2.28. The Morgan fingerprint density at radius 2 is 2.08 bits per heavy atom. The Balaban J connectivity index is 1.76. The van der Waals surface area contributed by atoms with Crippen LogP contribution in [0.1, 0.15) is 48.9 Å². The Kier molecular flexibility index (Phi) is 6.78. The summed E-state index contributed by atoms with van der Waals surface area (Å²) in [4.78, 5) is 36.7. The number of unbranched alkanes of at least 4 members (excludes halogenated alkanes) is 2. The summed E-state index contributed by atoms with van der Waals surface area (Å²) in [5.41, 5.74) is 1.34. The number of methoxy groups -OCH3 is 1. The molecule has 0 bridgehead atoms. The maximum atomic E-state index is 12.2. The van der Waals surface area contributed by atoms with E-state index in [1.165, 1.54) is 7.11 Å². The van der Waals surface area contributed by atoms with E-state index in [1.54, 1.807) is 23.1 Å². The largest absolute Gasteiger partial charge is 0.469 e. The van der Waals surface area contributed by atoms with E-state index in [4.69, 9.17) is 0 Å². The molecule has 2 amide bonds. The first kappa shape index (κ1) is 18.0. The third-order valence-electron chi connectivity index (χ3n) is 4.06. The highest BCUT2D eigenvalue weighted by Gasteiger charge is 2.22. The number of carbonyl (C=O) groups excluding carboxylic acids is 3. The molecule has 0 unspecified atom stereocenters. The first-order valence-corrected chi connectivity index (χ1v) is 8.37. The van der Waals surface area contributed by atoms with Gasteiger partial charge in [0.15, 0.2) is 0 Å². The van der Waals surface area contributed by atoms with Gasteiger partial charge in [0, 0.05) is 37.2 Å². The molecule has 1 aromatic carbocycles. The van der Waals surface area contributed by atoms with Crippen LogP contribution in [0.25, 0.3) is 0 Å². The van der Waals surface area contributed by atoms with Crippen molar-refractivity contribution in [2.45, 2.75) is 38.5 Å².